The van der Waals surface area contributed by atoms with E-state index in [0.29, 0.717) is 22.6 Å². The number of nitrogens with zero attached hydrogens (tertiary/aromatic N) is 1. The number of hydrogen-bond donors (Lipinski definition) is 1. The average Bonchev–Trinajstić information content (AvgIpc) is 2.66. The summed E-state index contributed by atoms with van der Waals surface area (Å²) in [7, 11) is 3.05. The Kier molecular flexibility index (Phi) is 5.14. The summed E-state index contributed by atoms with van der Waals surface area (Å²) < 4.78 is 39.3. The molecule has 0 aliphatic rings. The number of benzene rings is 3. The van der Waals surface area contributed by atoms with Crippen LogP contribution in [0.15, 0.2) is 59.5 Å². The van der Waals surface area contributed by atoms with Gasteiger partial charge in [0, 0.05) is 36.6 Å². The van der Waals surface area contributed by atoms with Gasteiger partial charge < -0.3 is 14.4 Å². The molecular formula is C20H22N2O4S. The van der Waals surface area contributed by atoms with Gasteiger partial charge in [-0.25, -0.2) is 8.42 Å². The Hall–Kier alpha value is -2.93. The van der Waals surface area contributed by atoms with Crippen LogP contribution >= 0.6 is 0 Å². The molecule has 3 rings (SSSR count). The SMILES string of the molecule is COc1ccc(NS(=O)(=O)c2cccc3c(N(C)C)cccc23)c(OC)c1. The summed E-state index contributed by atoms with van der Waals surface area (Å²) in [6.45, 7) is 0. The Labute approximate surface area is 159 Å². The second-order valence-corrected chi connectivity index (χ2v) is 7.85. The Bertz CT molecular complexity index is 1080. The van der Waals surface area contributed by atoms with E-state index in [9.17, 15) is 8.42 Å². The second-order valence-electron chi connectivity index (χ2n) is 6.19. The maximum Gasteiger partial charge on any atom is 0.262 e. The minimum Gasteiger partial charge on any atom is -0.497 e. The summed E-state index contributed by atoms with van der Waals surface area (Å²) in [6, 6.07) is 15.8. The maximum absolute atomic E-state index is 13.1. The molecule has 3 aromatic carbocycles. The summed E-state index contributed by atoms with van der Waals surface area (Å²) >= 11 is 0. The summed E-state index contributed by atoms with van der Waals surface area (Å²) in [6.07, 6.45) is 0. The number of sulfonamides is 1. The number of nitrogens with one attached hydrogen (secondary N) is 1. The topological polar surface area (TPSA) is 67.9 Å². The number of rotatable bonds is 6. The summed E-state index contributed by atoms with van der Waals surface area (Å²) in [5, 5.41) is 1.52. The molecule has 0 saturated heterocycles. The van der Waals surface area contributed by atoms with E-state index >= 15 is 0 Å². The van der Waals surface area contributed by atoms with Crippen molar-refractivity contribution in [2.75, 3.05) is 37.9 Å². The van der Waals surface area contributed by atoms with Crippen LogP contribution in [-0.4, -0.2) is 36.7 Å². The van der Waals surface area contributed by atoms with Crippen molar-refractivity contribution >= 4 is 32.2 Å². The van der Waals surface area contributed by atoms with Crippen molar-refractivity contribution in [1.82, 2.24) is 0 Å². The van der Waals surface area contributed by atoms with Crippen molar-refractivity contribution in [1.29, 1.82) is 0 Å². The van der Waals surface area contributed by atoms with Gasteiger partial charge in [0.1, 0.15) is 11.5 Å². The molecule has 0 unspecified atom stereocenters. The molecule has 0 amide bonds. The zero-order valence-electron chi connectivity index (χ0n) is 15.7. The van der Waals surface area contributed by atoms with Gasteiger partial charge >= 0.3 is 0 Å². The molecule has 0 bridgehead atoms. The predicted octanol–water partition coefficient (Wildman–Crippen LogP) is 3.72. The van der Waals surface area contributed by atoms with Gasteiger partial charge in [-0.15, -0.1) is 0 Å². The van der Waals surface area contributed by atoms with E-state index in [-0.39, 0.29) is 4.90 Å². The van der Waals surface area contributed by atoms with E-state index in [0.717, 1.165) is 11.1 Å². The molecule has 3 aromatic rings. The molecule has 0 saturated carbocycles. The maximum atomic E-state index is 13.1. The van der Waals surface area contributed by atoms with Crippen molar-refractivity contribution in [3.05, 3.63) is 54.6 Å². The number of methoxy groups -OCH3 is 2. The predicted molar refractivity (Wildman–Crippen MR) is 109 cm³/mol. The van der Waals surface area contributed by atoms with Gasteiger partial charge in [0.15, 0.2) is 0 Å². The molecule has 0 aliphatic heterocycles. The molecule has 0 fully saturated rings. The molecule has 27 heavy (non-hydrogen) atoms. The molecule has 0 heterocycles. The van der Waals surface area contributed by atoms with Gasteiger partial charge in [-0.1, -0.05) is 24.3 Å². The van der Waals surface area contributed by atoms with Crippen LogP contribution in [0, 0.1) is 0 Å². The standard InChI is InChI=1S/C20H22N2O4S/c1-22(2)18-9-5-8-16-15(18)7-6-10-20(16)27(23,24)21-17-12-11-14(25-3)13-19(17)26-4/h5-13,21H,1-4H3. The first kappa shape index (κ1) is 18.8. The van der Waals surface area contributed by atoms with Gasteiger partial charge in [0.05, 0.1) is 24.8 Å². The highest BCUT2D eigenvalue weighted by Crippen LogP contribution is 2.34. The number of ether oxygens (including phenoxy) is 2. The highest BCUT2D eigenvalue weighted by molar-refractivity contribution is 7.93. The van der Waals surface area contributed by atoms with Crippen molar-refractivity contribution in [2.45, 2.75) is 4.90 Å². The zero-order valence-corrected chi connectivity index (χ0v) is 16.5. The third-order valence-corrected chi connectivity index (χ3v) is 5.71. The molecule has 1 N–H and O–H groups in total. The van der Waals surface area contributed by atoms with Crippen LogP contribution in [0.1, 0.15) is 0 Å². The Morgan fingerprint density at radius 3 is 2.26 bits per heavy atom. The lowest BCUT2D eigenvalue weighted by Gasteiger charge is -2.18. The van der Waals surface area contributed by atoms with Gasteiger partial charge in [-0.3, -0.25) is 4.72 Å². The zero-order chi connectivity index (χ0) is 19.6. The van der Waals surface area contributed by atoms with Crippen LogP contribution in [0.3, 0.4) is 0 Å². The lowest BCUT2D eigenvalue weighted by Crippen LogP contribution is -2.15. The second kappa shape index (κ2) is 7.36. The van der Waals surface area contributed by atoms with Crippen LogP contribution in [0.25, 0.3) is 10.8 Å². The molecule has 0 spiro atoms. The Morgan fingerprint density at radius 1 is 0.889 bits per heavy atom. The van der Waals surface area contributed by atoms with Gasteiger partial charge in [-0.05, 0) is 24.3 Å². The molecule has 0 aliphatic carbocycles. The summed E-state index contributed by atoms with van der Waals surface area (Å²) in [5.74, 6) is 0.961. The number of anilines is 2. The fourth-order valence-corrected chi connectivity index (χ4v) is 4.26. The van der Waals surface area contributed by atoms with Crippen LogP contribution in [0.4, 0.5) is 11.4 Å². The van der Waals surface area contributed by atoms with Gasteiger partial charge in [0.25, 0.3) is 10.0 Å². The third kappa shape index (κ3) is 3.64. The molecule has 6 nitrogen and oxygen atoms in total. The average molecular weight is 386 g/mol. The quantitative estimate of drug-likeness (QED) is 0.699. The molecule has 142 valence electrons. The minimum absolute atomic E-state index is 0.210. The van der Waals surface area contributed by atoms with Crippen molar-refractivity contribution in [3.8, 4) is 11.5 Å². The van der Waals surface area contributed by atoms with Crippen molar-refractivity contribution in [2.24, 2.45) is 0 Å². The lowest BCUT2D eigenvalue weighted by molar-refractivity contribution is 0.395. The summed E-state index contributed by atoms with van der Waals surface area (Å²) in [4.78, 5) is 2.17. The fraction of sp³-hybridized carbons (Fsp3) is 0.200. The highest BCUT2D eigenvalue weighted by atomic mass is 32.2. The molecule has 0 aromatic heterocycles. The first-order chi connectivity index (χ1) is 12.9. The van der Waals surface area contributed by atoms with Crippen molar-refractivity contribution in [3.63, 3.8) is 0 Å². The first-order valence-corrected chi connectivity index (χ1v) is 9.79. The Morgan fingerprint density at radius 2 is 1.59 bits per heavy atom. The van der Waals surface area contributed by atoms with Crippen LogP contribution in [-0.2, 0) is 10.0 Å². The number of hydrogen-bond acceptors (Lipinski definition) is 5. The monoisotopic (exact) mass is 386 g/mol. The van der Waals surface area contributed by atoms with E-state index < -0.39 is 10.0 Å². The smallest absolute Gasteiger partial charge is 0.262 e. The molecule has 7 heteroatoms. The Balaban J connectivity index is 2.10. The van der Waals surface area contributed by atoms with Gasteiger partial charge in [-0.2, -0.15) is 0 Å². The first-order valence-electron chi connectivity index (χ1n) is 8.31. The fourth-order valence-electron chi connectivity index (χ4n) is 2.97. The van der Waals surface area contributed by atoms with E-state index in [4.69, 9.17) is 9.47 Å². The van der Waals surface area contributed by atoms with E-state index in [1.807, 2.05) is 43.3 Å². The highest BCUT2D eigenvalue weighted by Gasteiger charge is 2.20. The van der Waals surface area contributed by atoms with Crippen LogP contribution in [0.5, 0.6) is 11.5 Å². The third-order valence-electron chi connectivity index (χ3n) is 4.28. The minimum atomic E-state index is -3.82. The largest absolute Gasteiger partial charge is 0.497 e. The van der Waals surface area contributed by atoms with Crippen LogP contribution < -0.4 is 19.1 Å². The molecule has 0 atom stereocenters. The van der Waals surface area contributed by atoms with E-state index in [1.54, 1.807) is 30.3 Å². The van der Waals surface area contributed by atoms with Crippen LogP contribution in [0.2, 0.25) is 0 Å². The van der Waals surface area contributed by atoms with Crippen molar-refractivity contribution < 1.29 is 17.9 Å². The molecule has 0 radical (unpaired) electrons. The molecular weight excluding hydrogens is 364 g/mol. The lowest BCUT2D eigenvalue weighted by atomic mass is 10.1. The van der Waals surface area contributed by atoms with Gasteiger partial charge in [0.2, 0.25) is 0 Å². The summed E-state index contributed by atoms with van der Waals surface area (Å²) in [5.41, 5.74) is 1.30. The normalized spacial score (nSPS) is 11.3. The number of fused-ring (bicyclic) bond motifs is 1. The van der Waals surface area contributed by atoms with E-state index in [2.05, 4.69) is 4.72 Å². The van der Waals surface area contributed by atoms with E-state index in [1.165, 1.54) is 14.2 Å².